The Kier molecular flexibility index (Phi) is 14.5. The number of aliphatic carboxylic acids is 3. The number of Topliss-reactive ketones (excluding diaryl/α,β-unsaturated/α-hetero) is 1. The molecule has 0 bridgehead atoms. The third kappa shape index (κ3) is 13.3. The zero-order chi connectivity index (χ0) is 28.9. The highest BCUT2D eigenvalue weighted by molar-refractivity contribution is 7.81. The number of carbonyl (C=O) groups is 8. The van der Waals surface area contributed by atoms with Crippen molar-refractivity contribution in [3.8, 4) is 0 Å². The van der Waals surface area contributed by atoms with Gasteiger partial charge in [0.2, 0.25) is 23.6 Å². The number of carboxylic acids is 3. The normalized spacial score (nSPS) is 13.9. The van der Waals surface area contributed by atoms with Crippen LogP contribution in [0.5, 0.6) is 0 Å². The average Bonchev–Trinajstić information content (AvgIpc) is 2.76. The number of nitrogens with one attached hydrogen (secondary N) is 4. The van der Waals surface area contributed by atoms with Crippen molar-refractivity contribution >= 4 is 59.9 Å². The van der Waals surface area contributed by atoms with Gasteiger partial charge in [-0.3, -0.25) is 38.4 Å². The van der Waals surface area contributed by atoms with Crippen LogP contribution in [0.3, 0.4) is 0 Å². The molecule has 0 saturated carbocycles. The van der Waals surface area contributed by atoms with Gasteiger partial charge in [0.15, 0.2) is 5.78 Å². The van der Waals surface area contributed by atoms with Crippen LogP contribution in [0.1, 0.15) is 46.5 Å². The molecular weight excluding hydrogens is 516 g/mol. The van der Waals surface area contributed by atoms with Gasteiger partial charge >= 0.3 is 17.9 Å². The van der Waals surface area contributed by atoms with E-state index in [-0.39, 0.29) is 5.75 Å². The van der Waals surface area contributed by atoms with E-state index in [4.69, 9.17) is 15.3 Å². The second-order valence-electron chi connectivity index (χ2n) is 8.36. The van der Waals surface area contributed by atoms with Crippen LogP contribution < -0.4 is 21.3 Å². The molecular formula is C21H32N4O11S. The Balaban J connectivity index is 5.79. The Morgan fingerprint density at radius 1 is 0.676 bits per heavy atom. The molecule has 0 spiro atoms. The molecule has 7 N–H and O–H groups in total. The molecule has 0 aliphatic rings. The number of rotatable bonds is 17. The van der Waals surface area contributed by atoms with Crippen LogP contribution in [0.25, 0.3) is 0 Å². The zero-order valence-electron chi connectivity index (χ0n) is 20.5. The van der Waals surface area contributed by atoms with Crippen molar-refractivity contribution in [2.24, 2.45) is 5.92 Å². The molecule has 0 unspecified atom stereocenters. The summed E-state index contributed by atoms with van der Waals surface area (Å²) >= 11 is 3.79. The van der Waals surface area contributed by atoms with E-state index < -0.39 is 103 Å². The molecule has 0 aliphatic heterocycles. The lowest BCUT2D eigenvalue weighted by atomic mass is 10.0. The average molecular weight is 549 g/mol. The highest BCUT2D eigenvalue weighted by atomic mass is 32.1. The minimum absolute atomic E-state index is 0.355. The largest absolute Gasteiger partial charge is 0.481 e. The van der Waals surface area contributed by atoms with E-state index in [0.29, 0.717) is 0 Å². The Bertz CT molecular complexity index is 893. The number of carboxylic acid groups (broad SMARTS) is 3. The third-order valence-corrected chi connectivity index (χ3v) is 5.15. The molecule has 15 nitrogen and oxygen atoms in total. The van der Waals surface area contributed by atoms with Gasteiger partial charge in [0.05, 0.1) is 24.6 Å². The molecule has 0 aromatic carbocycles. The fourth-order valence-corrected chi connectivity index (χ4v) is 3.24. The molecule has 0 fully saturated rings. The van der Waals surface area contributed by atoms with Gasteiger partial charge in [0.1, 0.15) is 18.1 Å². The van der Waals surface area contributed by atoms with Gasteiger partial charge in [-0.15, -0.1) is 0 Å². The van der Waals surface area contributed by atoms with Gasteiger partial charge < -0.3 is 36.6 Å². The Morgan fingerprint density at radius 3 is 1.59 bits per heavy atom. The van der Waals surface area contributed by atoms with Crippen molar-refractivity contribution in [1.82, 2.24) is 21.3 Å². The van der Waals surface area contributed by atoms with E-state index in [0.717, 1.165) is 6.92 Å². The van der Waals surface area contributed by atoms with Crippen molar-refractivity contribution in [1.29, 1.82) is 0 Å². The van der Waals surface area contributed by atoms with E-state index in [1.807, 2.05) is 0 Å². The number of hydrogen-bond donors (Lipinski definition) is 8. The Labute approximate surface area is 217 Å². The second kappa shape index (κ2) is 16.1. The van der Waals surface area contributed by atoms with E-state index in [1.54, 1.807) is 0 Å². The lowest BCUT2D eigenvalue weighted by Gasteiger charge is -2.27. The molecule has 16 heteroatoms. The van der Waals surface area contributed by atoms with Crippen LogP contribution in [-0.4, -0.2) is 92.6 Å². The van der Waals surface area contributed by atoms with Crippen LogP contribution in [-0.2, 0) is 38.4 Å². The topological polar surface area (TPSA) is 245 Å². The summed E-state index contributed by atoms with van der Waals surface area (Å²) < 4.78 is 0. The standard InChI is InChI=1S/C21H32N4O11S/c1-9(2)18(21(36)24-12(6-16(30)31)14(27)8-37)25-19(34)11(4-5-15(28)29)23-20(35)13(7-17(32)33)22-10(3)26/h9,11-13,18,37H,4-8H2,1-3H3,(H,22,26)(H,23,35)(H,24,36)(H,25,34)(H,28,29)(H,30,31)(H,32,33)/t11-,12-,13-,18-/m0/s1. The first-order valence-corrected chi connectivity index (χ1v) is 11.7. The van der Waals surface area contributed by atoms with Gasteiger partial charge in [0, 0.05) is 13.3 Å². The maximum absolute atomic E-state index is 13.0. The summed E-state index contributed by atoms with van der Waals surface area (Å²) in [6, 6.07) is -5.86. The van der Waals surface area contributed by atoms with E-state index in [2.05, 4.69) is 33.9 Å². The Hall–Kier alpha value is -3.69. The number of hydrogen-bond acceptors (Lipinski definition) is 9. The van der Waals surface area contributed by atoms with Crippen molar-refractivity contribution < 1.29 is 53.7 Å². The van der Waals surface area contributed by atoms with Crippen LogP contribution in [0.4, 0.5) is 0 Å². The molecule has 0 aromatic heterocycles. The molecule has 0 saturated heterocycles. The third-order valence-electron chi connectivity index (χ3n) is 4.84. The summed E-state index contributed by atoms with van der Waals surface area (Å²) in [7, 11) is 0. The highest BCUT2D eigenvalue weighted by Gasteiger charge is 2.33. The number of carbonyl (C=O) groups excluding carboxylic acids is 5. The lowest BCUT2D eigenvalue weighted by molar-refractivity contribution is -0.142. The Morgan fingerprint density at radius 2 is 1.16 bits per heavy atom. The van der Waals surface area contributed by atoms with E-state index in [1.165, 1.54) is 13.8 Å². The molecule has 4 amide bonds. The summed E-state index contributed by atoms with van der Waals surface area (Å²) in [5, 5.41) is 35.9. The molecule has 0 aliphatic carbocycles. The number of ketones is 1. The van der Waals surface area contributed by atoms with Crippen LogP contribution in [0, 0.1) is 5.92 Å². The smallest absolute Gasteiger partial charge is 0.305 e. The number of amides is 4. The second-order valence-corrected chi connectivity index (χ2v) is 8.67. The quantitative estimate of drug-likeness (QED) is 0.0916. The SMILES string of the molecule is CC(=O)N[C@@H](CC(=O)O)C(=O)N[C@@H](CCC(=O)O)C(=O)N[C@H](C(=O)N[C@@H](CC(=O)O)C(=O)CS)C(C)C. The fraction of sp³-hybridized carbons (Fsp3) is 0.619. The summed E-state index contributed by atoms with van der Waals surface area (Å²) in [6.45, 7) is 4.10. The van der Waals surface area contributed by atoms with Crippen molar-refractivity contribution in [2.75, 3.05) is 5.75 Å². The first-order chi connectivity index (χ1) is 17.1. The molecule has 208 valence electrons. The molecule has 37 heavy (non-hydrogen) atoms. The van der Waals surface area contributed by atoms with Gasteiger partial charge in [-0.25, -0.2) is 0 Å². The maximum atomic E-state index is 13.0. The van der Waals surface area contributed by atoms with Crippen molar-refractivity contribution in [2.45, 2.75) is 70.6 Å². The van der Waals surface area contributed by atoms with E-state index in [9.17, 15) is 38.4 Å². The van der Waals surface area contributed by atoms with Crippen LogP contribution in [0.2, 0.25) is 0 Å². The number of thiol groups is 1. The van der Waals surface area contributed by atoms with Gasteiger partial charge in [-0.1, -0.05) is 13.8 Å². The summed E-state index contributed by atoms with van der Waals surface area (Å²) in [5.41, 5.74) is 0. The first-order valence-electron chi connectivity index (χ1n) is 11.1. The summed E-state index contributed by atoms with van der Waals surface area (Å²) in [4.78, 5) is 94.8. The maximum Gasteiger partial charge on any atom is 0.305 e. The van der Waals surface area contributed by atoms with Crippen molar-refractivity contribution in [3.63, 3.8) is 0 Å². The minimum atomic E-state index is -1.57. The lowest BCUT2D eigenvalue weighted by Crippen LogP contribution is -2.59. The fourth-order valence-electron chi connectivity index (χ4n) is 3.02. The van der Waals surface area contributed by atoms with Crippen molar-refractivity contribution in [3.05, 3.63) is 0 Å². The van der Waals surface area contributed by atoms with Gasteiger partial charge in [-0.05, 0) is 12.3 Å². The predicted octanol–water partition coefficient (Wildman–Crippen LogP) is -2.09. The first kappa shape index (κ1) is 33.3. The summed E-state index contributed by atoms with van der Waals surface area (Å²) in [5.74, 6) is -9.45. The van der Waals surface area contributed by atoms with Gasteiger partial charge in [0.25, 0.3) is 0 Å². The molecule has 0 heterocycles. The molecule has 0 radical (unpaired) electrons. The molecule has 0 aromatic rings. The zero-order valence-corrected chi connectivity index (χ0v) is 21.4. The van der Waals surface area contributed by atoms with Gasteiger partial charge in [-0.2, -0.15) is 12.6 Å². The van der Waals surface area contributed by atoms with Crippen LogP contribution >= 0.6 is 12.6 Å². The highest BCUT2D eigenvalue weighted by Crippen LogP contribution is 2.08. The monoisotopic (exact) mass is 548 g/mol. The molecule has 4 atom stereocenters. The van der Waals surface area contributed by atoms with Crippen LogP contribution in [0.15, 0.2) is 0 Å². The predicted molar refractivity (Wildman–Crippen MR) is 128 cm³/mol. The minimum Gasteiger partial charge on any atom is -0.481 e. The summed E-state index contributed by atoms with van der Waals surface area (Å²) in [6.07, 6.45) is -2.58. The molecule has 0 rings (SSSR count). The van der Waals surface area contributed by atoms with E-state index >= 15 is 0 Å².